The van der Waals surface area contributed by atoms with Gasteiger partial charge in [0.25, 0.3) is 0 Å². The Balaban J connectivity index is 1.74. The molecule has 1 aromatic heterocycles. The molecular formula is C21H21FN2OS. The lowest BCUT2D eigenvalue weighted by atomic mass is 10.0. The van der Waals surface area contributed by atoms with Gasteiger partial charge in [-0.2, -0.15) is 0 Å². The fourth-order valence-corrected chi connectivity index (χ4v) is 3.71. The Bertz CT molecular complexity index is 898. The van der Waals surface area contributed by atoms with Crippen LogP contribution >= 0.6 is 11.3 Å². The van der Waals surface area contributed by atoms with Crippen molar-refractivity contribution in [2.24, 2.45) is 0 Å². The first-order valence-electron chi connectivity index (χ1n) is 8.71. The van der Waals surface area contributed by atoms with Crippen LogP contribution < -0.4 is 5.32 Å². The third-order valence-corrected chi connectivity index (χ3v) is 5.17. The van der Waals surface area contributed by atoms with Crippen LogP contribution in [0.5, 0.6) is 0 Å². The van der Waals surface area contributed by atoms with Crippen LogP contribution in [0, 0.1) is 5.82 Å². The van der Waals surface area contributed by atoms with Crippen molar-refractivity contribution in [2.75, 3.05) is 5.32 Å². The molecule has 1 N–H and O–H groups in total. The van der Waals surface area contributed by atoms with Gasteiger partial charge in [0.15, 0.2) is 0 Å². The maximum Gasteiger partial charge on any atom is 0.230 e. The summed E-state index contributed by atoms with van der Waals surface area (Å²) in [6.45, 7) is 4.16. The Morgan fingerprint density at radius 2 is 1.81 bits per heavy atom. The Morgan fingerprint density at radius 3 is 2.46 bits per heavy atom. The largest absolute Gasteiger partial charge is 0.325 e. The molecular weight excluding hydrogens is 347 g/mol. The summed E-state index contributed by atoms with van der Waals surface area (Å²) in [6.07, 6.45) is 1.93. The molecule has 0 spiro atoms. The molecule has 0 saturated heterocycles. The lowest BCUT2D eigenvalue weighted by Crippen LogP contribution is -2.17. The summed E-state index contributed by atoms with van der Waals surface area (Å²) in [5, 5.41) is 5.62. The van der Waals surface area contributed by atoms with E-state index in [4.69, 9.17) is 0 Å². The molecule has 0 aliphatic carbocycles. The monoisotopic (exact) mass is 368 g/mol. The molecule has 0 fully saturated rings. The molecule has 0 radical (unpaired) electrons. The summed E-state index contributed by atoms with van der Waals surface area (Å²) in [5.74, 6) is -0.378. The number of nitrogens with zero attached hydrogens (tertiary/aromatic N) is 1. The molecule has 2 aromatic carbocycles. The van der Waals surface area contributed by atoms with Crippen LogP contribution in [-0.4, -0.2) is 10.9 Å². The van der Waals surface area contributed by atoms with Crippen LogP contribution in [0.3, 0.4) is 0 Å². The zero-order valence-corrected chi connectivity index (χ0v) is 15.7. The summed E-state index contributed by atoms with van der Waals surface area (Å²) < 4.78 is 13.4. The highest BCUT2D eigenvalue weighted by atomic mass is 32.1. The first-order valence-corrected chi connectivity index (χ1v) is 9.59. The van der Waals surface area contributed by atoms with E-state index in [2.05, 4.69) is 24.1 Å². The van der Waals surface area contributed by atoms with Gasteiger partial charge in [-0.15, -0.1) is 11.3 Å². The van der Waals surface area contributed by atoms with Gasteiger partial charge in [0.1, 0.15) is 10.8 Å². The van der Waals surface area contributed by atoms with Crippen molar-refractivity contribution in [3.63, 3.8) is 0 Å². The predicted molar refractivity (Wildman–Crippen MR) is 105 cm³/mol. The van der Waals surface area contributed by atoms with Crippen LogP contribution in [0.1, 0.15) is 30.7 Å². The van der Waals surface area contributed by atoms with Gasteiger partial charge < -0.3 is 5.32 Å². The van der Waals surface area contributed by atoms with Gasteiger partial charge in [0.2, 0.25) is 5.91 Å². The van der Waals surface area contributed by atoms with Crippen LogP contribution in [0.15, 0.2) is 47.8 Å². The summed E-state index contributed by atoms with van der Waals surface area (Å²) in [4.78, 5) is 17.0. The Labute approximate surface area is 156 Å². The van der Waals surface area contributed by atoms with Gasteiger partial charge in [-0.1, -0.05) is 44.2 Å². The minimum atomic E-state index is -0.291. The second kappa shape index (κ2) is 8.23. The highest BCUT2D eigenvalue weighted by Crippen LogP contribution is 2.26. The van der Waals surface area contributed by atoms with Crippen LogP contribution in [0.25, 0.3) is 10.6 Å². The number of benzene rings is 2. The lowest BCUT2D eigenvalue weighted by molar-refractivity contribution is -0.115. The quantitative estimate of drug-likeness (QED) is 0.645. The number of hydrogen-bond donors (Lipinski definition) is 1. The molecule has 1 heterocycles. The average molecular weight is 368 g/mol. The SMILES string of the molecule is CCc1cccc(CC)c1NC(=O)Cc1csc(-c2cccc(F)c2)n1. The number of aryl methyl sites for hydroxylation is 2. The fraction of sp³-hybridized carbons (Fsp3) is 0.238. The summed E-state index contributed by atoms with van der Waals surface area (Å²) in [6, 6.07) is 12.4. The Morgan fingerprint density at radius 1 is 1.12 bits per heavy atom. The van der Waals surface area contributed by atoms with E-state index in [0.717, 1.165) is 40.2 Å². The van der Waals surface area contributed by atoms with Gasteiger partial charge in [0.05, 0.1) is 12.1 Å². The van der Waals surface area contributed by atoms with Crippen LogP contribution in [0.2, 0.25) is 0 Å². The number of halogens is 1. The molecule has 26 heavy (non-hydrogen) atoms. The van der Waals surface area contributed by atoms with E-state index >= 15 is 0 Å². The highest BCUT2D eigenvalue weighted by molar-refractivity contribution is 7.13. The number of aromatic nitrogens is 1. The molecule has 3 aromatic rings. The zero-order chi connectivity index (χ0) is 18.5. The molecule has 0 bridgehead atoms. The number of nitrogens with one attached hydrogen (secondary N) is 1. The number of rotatable bonds is 6. The molecule has 0 unspecified atom stereocenters. The maximum absolute atomic E-state index is 13.4. The van der Waals surface area contributed by atoms with Crippen LogP contribution in [-0.2, 0) is 24.1 Å². The Kier molecular flexibility index (Phi) is 5.78. The van der Waals surface area contributed by atoms with Gasteiger partial charge >= 0.3 is 0 Å². The molecule has 5 heteroatoms. The highest BCUT2D eigenvalue weighted by Gasteiger charge is 2.13. The van der Waals surface area contributed by atoms with Crippen molar-refractivity contribution in [1.29, 1.82) is 0 Å². The second-order valence-electron chi connectivity index (χ2n) is 6.04. The van der Waals surface area contributed by atoms with E-state index in [1.54, 1.807) is 6.07 Å². The van der Waals surface area contributed by atoms with Gasteiger partial charge in [-0.05, 0) is 36.1 Å². The van der Waals surface area contributed by atoms with Gasteiger partial charge in [0, 0.05) is 16.6 Å². The van der Waals surface area contributed by atoms with E-state index in [1.807, 2.05) is 29.6 Å². The molecule has 1 amide bonds. The van der Waals surface area contributed by atoms with Crippen molar-refractivity contribution >= 4 is 22.9 Å². The minimum Gasteiger partial charge on any atom is -0.325 e. The first-order chi connectivity index (χ1) is 12.6. The normalized spacial score (nSPS) is 10.7. The average Bonchev–Trinajstić information content (AvgIpc) is 3.10. The van der Waals surface area contributed by atoms with E-state index in [9.17, 15) is 9.18 Å². The molecule has 0 aliphatic heterocycles. The van der Waals surface area contributed by atoms with Crippen molar-refractivity contribution in [3.05, 3.63) is 70.5 Å². The lowest BCUT2D eigenvalue weighted by Gasteiger charge is -2.14. The third-order valence-electron chi connectivity index (χ3n) is 4.23. The van der Waals surface area contributed by atoms with Crippen molar-refractivity contribution in [2.45, 2.75) is 33.1 Å². The van der Waals surface area contributed by atoms with Gasteiger partial charge in [-0.3, -0.25) is 4.79 Å². The van der Waals surface area contributed by atoms with E-state index in [1.165, 1.54) is 23.5 Å². The molecule has 0 aliphatic rings. The smallest absolute Gasteiger partial charge is 0.230 e. The number of thiazole rings is 1. The fourth-order valence-electron chi connectivity index (χ4n) is 2.89. The van der Waals surface area contributed by atoms with Crippen molar-refractivity contribution < 1.29 is 9.18 Å². The number of anilines is 1. The second-order valence-corrected chi connectivity index (χ2v) is 6.90. The summed E-state index contributed by atoms with van der Waals surface area (Å²) >= 11 is 1.42. The Hall–Kier alpha value is -2.53. The zero-order valence-electron chi connectivity index (χ0n) is 14.9. The van der Waals surface area contributed by atoms with Crippen LogP contribution in [0.4, 0.5) is 10.1 Å². The van der Waals surface area contributed by atoms with Crippen molar-refractivity contribution in [1.82, 2.24) is 4.98 Å². The summed E-state index contributed by atoms with van der Waals surface area (Å²) in [7, 11) is 0. The molecule has 0 saturated carbocycles. The van der Waals surface area contributed by atoms with E-state index in [-0.39, 0.29) is 18.1 Å². The number of amides is 1. The number of carbonyl (C=O) groups is 1. The minimum absolute atomic E-state index is 0.0864. The third kappa shape index (κ3) is 4.17. The predicted octanol–water partition coefficient (Wildman–Crippen LogP) is 5.26. The topological polar surface area (TPSA) is 42.0 Å². The molecule has 134 valence electrons. The standard InChI is InChI=1S/C21H21FN2OS/c1-3-14-7-5-8-15(4-2)20(14)24-19(25)12-18-13-26-21(23-18)16-9-6-10-17(22)11-16/h5-11,13H,3-4,12H2,1-2H3,(H,24,25). The van der Waals surface area contributed by atoms with Gasteiger partial charge in [-0.25, -0.2) is 9.37 Å². The molecule has 0 atom stereocenters. The number of para-hydroxylation sites is 1. The molecule has 3 rings (SSSR count). The molecule has 3 nitrogen and oxygen atoms in total. The van der Waals surface area contributed by atoms with Crippen molar-refractivity contribution in [3.8, 4) is 10.6 Å². The van der Waals surface area contributed by atoms with E-state index in [0.29, 0.717) is 5.69 Å². The summed E-state index contributed by atoms with van der Waals surface area (Å²) in [5.41, 5.74) is 4.61. The maximum atomic E-state index is 13.4. The first kappa shape index (κ1) is 18.3. The number of carbonyl (C=O) groups excluding carboxylic acids is 1. The van der Waals surface area contributed by atoms with E-state index < -0.39 is 0 Å². The number of hydrogen-bond acceptors (Lipinski definition) is 3.